The third-order valence-corrected chi connectivity index (χ3v) is 2.90. The zero-order valence-corrected chi connectivity index (χ0v) is 11.5. The largest absolute Gasteiger partial charge is 0.389 e. The highest BCUT2D eigenvalue weighted by Crippen LogP contribution is 2.11. The van der Waals surface area contributed by atoms with E-state index in [-0.39, 0.29) is 5.91 Å². The summed E-state index contributed by atoms with van der Waals surface area (Å²) in [5.41, 5.74) is 8.28. The highest BCUT2D eigenvalue weighted by atomic mass is 32.1. The Morgan fingerprint density at radius 3 is 2.47 bits per heavy atom. The van der Waals surface area contributed by atoms with Crippen molar-refractivity contribution < 1.29 is 4.79 Å². The fourth-order valence-electron chi connectivity index (χ4n) is 1.74. The van der Waals surface area contributed by atoms with Gasteiger partial charge in [0.15, 0.2) is 0 Å². The second-order valence-electron chi connectivity index (χ2n) is 4.19. The Morgan fingerprint density at radius 1 is 1.37 bits per heavy atom. The van der Waals surface area contributed by atoms with Gasteiger partial charge in [-0.25, -0.2) is 0 Å². The number of nitrogens with zero attached hydrogens (tertiary/aromatic N) is 2. The SMILES string of the molecule is Cc1cc(C(=O)Nc2ccc(C(N)=S)cc2)n(C)n1. The second-order valence-corrected chi connectivity index (χ2v) is 4.63. The summed E-state index contributed by atoms with van der Waals surface area (Å²) in [6.45, 7) is 1.84. The lowest BCUT2D eigenvalue weighted by Gasteiger charge is -2.06. The summed E-state index contributed by atoms with van der Waals surface area (Å²) >= 11 is 4.87. The molecule has 19 heavy (non-hydrogen) atoms. The van der Waals surface area contributed by atoms with Crippen molar-refractivity contribution in [2.45, 2.75) is 6.92 Å². The summed E-state index contributed by atoms with van der Waals surface area (Å²) in [5, 5.41) is 6.93. The van der Waals surface area contributed by atoms with Crippen molar-refractivity contribution in [3.63, 3.8) is 0 Å². The number of hydrogen-bond acceptors (Lipinski definition) is 3. The van der Waals surface area contributed by atoms with Crippen molar-refractivity contribution in [1.29, 1.82) is 0 Å². The molecule has 0 aliphatic carbocycles. The molecule has 1 aromatic carbocycles. The van der Waals surface area contributed by atoms with Gasteiger partial charge in [-0.1, -0.05) is 12.2 Å². The normalized spacial score (nSPS) is 10.2. The van der Waals surface area contributed by atoms with Crippen molar-refractivity contribution in [2.24, 2.45) is 12.8 Å². The maximum absolute atomic E-state index is 12.0. The number of carbonyl (C=O) groups excluding carboxylic acids is 1. The van der Waals surface area contributed by atoms with E-state index in [4.69, 9.17) is 18.0 Å². The molecule has 1 heterocycles. The predicted octanol–water partition coefficient (Wildman–Crippen LogP) is 1.62. The van der Waals surface area contributed by atoms with Crippen LogP contribution in [0.25, 0.3) is 0 Å². The van der Waals surface area contributed by atoms with E-state index in [0.29, 0.717) is 16.4 Å². The van der Waals surface area contributed by atoms with E-state index in [2.05, 4.69) is 10.4 Å². The van der Waals surface area contributed by atoms with Gasteiger partial charge in [0.05, 0.1) is 5.69 Å². The van der Waals surface area contributed by atoms with E-state index in [9.17, 15) is 4.79 Å². The minimum absolute atomic E-state index is 0.203. The van der Waals surface area contributed by atoms with Crippen LogP contribution in [0.5, 0.6) is 0 Å². The Labute approximate surface area is 116 Å². The zero-order chi connectivity index (χ0) is 14.0. The quantitative estimate of drug-likeness (QED) is 0.834. The number of hydrogen-bond donors (Lipinski definition) is 2. The van der Waals surface area contributed by atoms with Gasteiger partial charge in [-0.3, -0.25) is 9.48 Å². The first kappa shape index (κ1) is 13.2. The maximum Gasteiger partial charge on any atom is 0.273 e. The minimum atomic E-state index is -0.203. The molecule has 98 valence electrons. The summed E-state index contributed by atoms with van der Waals surface area (Å²) in [6, 6.07) is 8.79. The van der Waals surface area contributed by atoms with Crippen LogP contribution in [0.2, 0.25) is 0 Å². The smallest absolute Gasteiger partial charge is 0.273 e. The number of aromatic nitrogens is 2. The maximum atomic E-state index is 12.0. The molecule has 0 aliphatic rings. The Morgan fingerprint density at radius 2 is 2.00 bits per heavy atom. The molecule has 0 spiro atoms. The molecule has 0 aliphatic heterocycles. The third-order valence-electron chi connectivity index (χ3n) is 2.66. The lowest BCUT2D eigenvalue weighted by atomic mass is 10.2. The number of anilines is 1. The van der Waals surface area contributed by atoms with Crippen LogP contribution in [0, 0.1) is 6.92 Å². The van der Waals surface area contributed by atoms with Crippen LogP contribution in [-0.2, 0) is 7.05 Å². The highest BCUT2D eigenvalue weighted by Gasteiger charge is 2.11. The topological polar surface area (TPSA) is 72.9 Å². The summed E-state index contributed by atoms with van der Waals surface area (Å²) in [6.07, 6.45) is 0. The van der Waals surface area contributed by atoms with Crippen molar-refractivity contribution in [1.82, 2.24) is 9.78 Å². The van der Waals surface area contributed by atoms with E-state index < -0.39 is 0 Å². The first-order chi connectivity index (χ1) is 8.97. The van der Waals surface area contributed by atoms with Crippen molar-refractivity contribution in [3.8, 4) is 0 Å². The van der Waals surface area contributed by atoms with Gasteiger partial charge in [-0.15, -0.1) is 0 Å². The van der Waals surface area contributed by atoms with E-state index in [0.717, 1.165) is 11.3 Å². The van der Waals surface area contributed by atoms with Crippen LogP contribution < -0.4 is 11.1 Å². The molecular weight excluding hydrogens is 260 g/mol. The van der Waals surface area contributed by atoms with Crippen LogP contribution in [0.4, 0.5) is 5.69 Å². The Bertz CT molecular complexity index is 631. The first-order valence-corrected chi connectivity index (χ1v) is 6.10. The number of benzene rings is 1. The van der Waals surface area contributed by atoms with Gasteiger partial charge >= 0.3 is 0 Å². The lowest BCUT2D eigenvalue weighted by Crippen LogP contribution is -2.16. The standard InChI is InChI=1S/C13H14N4OS/c1-8-7-11(17(2)16-8)13(18)15-10-5-3-9(4-6-10)12(14)19/h3-7H,1-2H3,(H2,14,19)(H,15,18). The average Bonchev–Trinajstić information content (AvgIpc) is 2.69. The molecule has 1 amide bonds. The Kier molecular flexibility index (Phi) is 3.62. The van der Waals surface area contributed by atoms with Gasteiger partial charge in [-0.2, -0.15) is 5.10 Å². The van der Waals surface area contributed by atoms with Gasteiger partial charge in [0.2, 0.25) is 0 Å². The molecule has 6 heteroatoms. The van der Waals surface area contributed by atoms with Crippen LogP contribution in [0.1, 0.15) is 21.7 Å². The molecular formula is C13H14N4OS. The van der Waals surface area contributed by atoms with Crippen molar-refractivity contribution in [2.75, 3.05) is 5.32 Å². The Hall–Kier alpha value is -2.21. The number of rotatable bonds is 3. The summed E-state index contributed by atoms with van der Waals surface area (Å²) in [4.78, 5) is 12.4. The Balaban J connectivity index is 2.15. The van der Waals surface area contributed by atoms with E-state index in [1.165, 1.54) is 0 Å². The molecule has 5 nitrogen and oxygen atoms in total. The van der Waals surface area contributed by atoms with Crippen molar-refractivity contribution >= 4 is 28.8 Å². The minimum Gasteiger partial charge on any atom is -0.389 e. The number of nitrogens with one attached hydrogen (secondary N) is 1. The second kappa shape index (κ2) is 5.19. The molecule has 0 unspecified atom stereocenters. The molecule has 0 saturated carbocycles. The number of thiocarbonyl (C=S) groups is 1. The number of nitrogens with two attached hydrogens (primary N) is 1. The van der Waals surface area contributed by atoms with Gasteiger partial charge in [0.1, 0.15) is 10.7 Å². The van der Waals surface area contributed by atoms with E-state index in [1.54, 1.807) is 42.1 Å². The monoisotopic (exact) mass is 274 g/mol. The molecule has 0 atom stereocenters. The molecule has 3 N–H and O–H groups in total. The van der Waals surface area contributed by atoms with Crippen LogP contribution in [0.15, 0.2) is 30.3 Å². The van der Waals surface area contributed by atoms with E-state index >= 15 is 0 Å². The van der Waals surface area contributed by atoms with Gasteiger partial charge < -0.3 is 11.1 Å². The third kappa shape index (κ3) is 2.97. The summed E-state index contributed by atoms with van der Waals surface area (Å²) < 4.78 is 1.55. The molecule has 0 fully saturated rings. The van der Waals surface area contributed by atoms with Gasteiger partial charge in [0.25, 0.3) is 5.91 Å². The van der Waals surface area contributed by atoms with Gasteiger partial charge in [-0.05, 0) is 37.3 Å². The van der Waals surface area contributed by atoms with Crippen LogP contribution in [-0.4, -0.2) is 20.7 Å². The van der Waals surface area contributed by atoms with Gasteiger partial charge in [0, 0.05) is 18.3 Å². The summed E-state index contributed by atoms with van der Waals surface area (Å²) in [7, 11) is 1.73. The first-order valence-electron chi connectivity index (χ1n) is 5.69. The zero-order valence-electron chi connectivity index (χ0n) is 10.7. The fourth-order valence-corrected chi connectivity index (χ4v) is 1.87. The number of carbonyl (C=O) groups is 1. The number of aryl methyl sites for hydroxylation is 2. The number of amides is 1. The molecule has 0 bridgehead atoms. The highest BCUT2D eigenvalue weighted by molar-refractivity contribution is 7.80. The molecule has 0 saturated heterocycles. The van der Waals surface area contributed by atoms with Crippen molar-refractivity contribution in [3.05, 3.63) is 47.3 Å². The van der Waals surface area contributed by atoms with Crippen LogP contribution in [0.3, 0.4) is 0 Å². The molecule has 2 rings (SSSR count). The summed E-state index contributed by atoms with van der Waals surface area (Å²) in [5.74, 6) is -0.203. The fraction of sp³-hybridized carbons (Fsp3) is 0.154. The molecule has 1 aromatic heterocycles. The molecule has 0 radical (unpaired) electrons. The lowest BCUT2D eigenvalue weighted by molar-refractivity contribution is 0.101. The predicted molar refractivity (Wildman–Crippen MR) is 78.2 cm³/mol. The van der Waals surface area contributed by atoms with E-state index in [1.807, 2.05) is 6.92 Å². The molecule has 2 aromatic rings. The van der Waals surface area contributed by atoms with Crippen LogP contribution >= 0.6 is 12.2 Å². The average molecular weight is 274 g/mol.